The Labute approximate surface area is 119 Å². The maximum absolute atomic E-state index is 12.0. The van der Waals surface area contributed by atoms with E-state index in [1.807, 2.05) is 10.8 Å². The molecule has 0 radical (unpaired) electrons. The summed E-state index contributed by atoms with van der Waals surface area (Å²) in [4.78, 5) is 13.3. The number of carbonyl (C=O) groups is 1. The number of amides is 1. The smallest absolute Gasteiger partial charge is 0.257 e. The Morgan fingerprint density at radius 1 is 1.37 bits per heavy atom. The minimum atomic E-state index is -0.128. The first-order valence-corrected chi connectivity index (χ1v) is 7.93. The van der Waals surface area contributed by atoms with E-state index >= 15 is 0 Å². The fourth-order valence-electron chi connectivity index (χ4n) is 2.34. The largest absolute Gasteiger partial charge is 0.312 e. The number of aryl methyl sites for hydroxylation is 1. The molecule has 2 aromatic heterocycles. The number of nitriles is 1. The standard InChI is InChI=1S/C14H12N2OS2/c15-7-11-10-3-1-2-4-12(10)19-14(11)16-13(17)9-5-6-18-8-9/h5-6,8H,1-4H2,(H,16,17). The van der Waals surface area contributed by atoms with E-state index in [9.17, 15) is 10.1 Å². The van der Waals surface area contributed by atoms with Gasteiger partial charge in [-0.05, 0) is 42.7 Å². The van der Waals surface area contributed by atoms with E-state index in [4.69, 9.17) is 0 Å². The van der Waals surface area contributed by atoms with Gasteiger partial charge in [0.2, 0.25) is 0 Å². The average molecular weight is 288 g/mol. The molecule has 19 heavy (non-hydrogen) atoms. The van der Waals surface area contributed by atoms with Crippen molar-refractivity contribution in [1.29, 1.82) is 5.26 Å². The SMILES string of the molecule is N#Cc1c(NC(=O)c2ccsc2)sc2c1CCCC2. The van der Waals surface area contributed by atoms with Crippen molar-refractivity contribution in [2.45, 2.75) is 25.7 Å². The van der Waals surface area contributed by atoms with Crippen LogP contribution < -0.4 is 5.32 Å². The zero-order valence-corrected chi connectivity index (χ0v) is 11.9. The highest BCUT2D eigenvalue weighted by atomic mass is 32.1. The molecule has 0 aromatic carbocycles. The third-order valence-corrected chi connectivity index (χ3v) is 5.18. The first kappa shape index (κ1) is 12.4. The van der Waals surface area contributed by atoms with E-state index in [1.54, 1.807) is 17.4 Å². The van der Waals surface area contributed by atoms with Crippen LogP contribution in [0.3, 0.4) is 0 Å². The lowest BCUT2D eigenvalue weighted by molar-refractivity contribution is 0.102. The topological polar surface area (TPSA) is 52.9 Å². The maximum atomic E-state index is 12.0. The number of rotatable bonds is 2. The van der Waals surface area contributed by atoms with Crippen LogP contribution in [0.5, 0.6) is 0 Å². The zero-order chi connectivity index (χ0) is 13.2. The summed E-state index contributed by atoms with van der Waals surface area (Å²) >= 11 is 3.05. The van der Waals surface area contributed by atoms with Gasteiger partial charge in [-0.15, -0.1) is 11.3 Å². The van der Waals surface area contributed by atoms with Gasteiger partial charge < -0.3 is 5.32 Å². The molecule has 0 saturated carbocycles. The molecule has 0 fully saturated rings. The van der Waals surface area contributed by atoms with Crippen molar-refractivity contribution in [3.63, 3.8) is 0 Å². The lowest BCUT2D eigenvalue weighted by Gasteiger charge is -2.09. The summed E-state index contributed by atoms with van der Waals surface area (Å²) in [6.07, 6.45) is 4.30. The van der Waals surface area contributed by atoms with Crippen LogP contribution in [0.15, 0.2) is 16.8 Å². The van der Waals surface area contributed by atoms with Gasteiger partial charge in [-0.25, -0.2) is 0 Å². The Bertz CT molecular complexity index is 650. The summed E-state index contributed by atoms with van der Waals surface area (Å²) < 4.78 is 0. The Kier molecular flexibility index (Phi) is 3.36. The van der Waals surface area contributed by atoms with Crippen molar-refractivity contribution >= 4 is 33.6 Å². The van der Waals surface area contributed by atoms with Crippen LogP contribution in [0.1, 0.15) is 39.2 Å². The first-order valence-electron chi connectivity index (χ1n) is 6.18. The van der Waals surface area contributed by atoms with E-state index < -0.39 is 0 Å². The molecule has 1 amide bonds. The summed E-state index contributed by atoms with van der Waals surface area (Å²) in [6, 6.07) is 4.04. The van der Waals surface area contributed by atoms with Crippen molar-refractivity contribution in [3.8, 4) is 6.07 Å². The van der Waals surface area contributed by atoms with E-state index in [2.05, 4.69) is 11.4 Å². The van der Waals surface area contributed by atoms with Gasteiger partial charge in [-0.2, -0.15) is 16.6 Å². The van der Waals surface area contributed by atoms with Gasteiger partial charge in [-0.3, -0.25) is 4.79 Å². The molecule has 3 nitrogen and oxygen atoms in total. The molecule has 0 saturated heterocycles. The Balaban J connectivity index is 1.91. The van der Waals surface area contributed by atoms with Crippen LogP contribution in [0, 0.1) is 11.3 Å². The maximum Gasteiger partial charge on any atom is 0.257 e. The minimum Gasteiger partial charge on any atom is -0.312 e. The van der Waals surface area contributed by atoms with Crippen molar-refractivity contribution in [1.82, 2.24) is 0 Å². The summed E-state index contributed by atoms with van der Waals surface area (Å²) in [6.45, 7) is 0. The van der Waals surface area contributed by atoms with Crippen molar-refractivity contribution in [3.05, 3.63) is 38.4 Å². The molecule has 2 heterocycles. The summed E-state index contributed by atoms with van der Waals surface area (Å²) in [5.41, 5.74) is 2.47. The zero-order valence-electron chi connectivity index (χ0n) is 10.2. The van der Waals surface area contributed by atoms with Crippen LogP contribution in [0.25, 0.3) is 0 Å². The summed E-state index contributed by atoms with van der Waals surface area (Å²) in [7, 11) is 0. The molecule has 2 aromatic rings. The van der Waals surface area contributed by atoms with Gasteiger partial charge in [0.05, 0.1) is 11.1 Å². The van der Waals surface area contributed by atoms with Crippen molar-refractivity contribution in [2.75, 3.05) is 5.32 Å². The fraction of sp³-hybridized carbons (Fsp3) is 0.286. The number of thiophene rings is 2. The van der Waals surface area contributed by atoms with Crippen LogP contribution in [-0.2, 0) is 12.8 Å². The van der Waals surface area contributed by atoms with E-state index in [0.29, 0.717) is 16.1 Å². The molecular formula is C14H12N2OS2. The molecule has 0 aliphatic heterocycles. The monoisotopic (exact) mass is 288 g/mol. The molecule has 1 aliphatic rings. The first-order chi connectivity index (χ1) is 9.29. The highest BCUT2D eigenvalue weighted by Gasteiger charge is 2.22. The summed E-state index contributed by atoms with van der Waals surface area (Å²) in [5, 5.41) is 16.6. The normalized spacial score (nSPS) is 13.6. The number of hydrogen-bond donors (Lipinski definition) is 1. The van der Waals surface area contributed by atoms with Gasteiger partial charge in [0, 0.05) is 10.3 Å². The second-order valence-corrected chi connectivity index (χ2v) is 6.38. The molecule has 0 bridgehead atoms. The average Bonchev–Trinajstić information content (AvgIpc) is 3.05. The van der Waals surface area contributed by atoms with Crippen molar-refractivity contribution < 1.29 is 4.79 Å². The second-order valence-electron chi connectivity index (χ2n) is 4.49. The van der Waals surface area contributed by atoms with E-state index in [1.165, 1.54) is 22.6 Å². The van der Waals surface area contributed by atoms with Crippen LogP contribution in [0.4, 0.5) is 5.00 Å². The van der Waals surface area contributed by atoms with Gasteiger partial charge in [0.25, 0.3) is 5.91 Å². The molecule has 0 spiro atoms. The number of hydrogen-bond acceptors (Lipinski definition) is 4. The number of carbonyl (C=O) groups excluding carboxylic acids is 1. The third-order valence-electron chi connectivity index (χ3n) is 3.29. The molecule has 0 atom stereocenters. The summed E-state index contributed by atoms with van der Waals surface area (Å²) in [5.74, 6) is -0.128. The Hall–Kier alpha value is -1.64. The quantitative estimate of drug-likeness (QED) is 0.913. The van der Waals surface area contributed by atoms with Gasteiger partial charge >= 0.3 is 0 Å². The number of anilines is 1. The Morgan fingerprint density at radius 3 is 2.95 bits per heavy atom. The number of fused-ring (bicyclic) bond motifs is 1. The molecular weight excluding hydrogens is 276 g/mol. The molecule has 96 valence electrons. The van der Waals surface area contributed by atoms with Crippen LogP contribution in [0.2, 0.25) is 0 Å². The van der Waals surface area contributed by atoms with Gasteiger partial charge in [0.1, 0.15) is 11.1 Å². The van der Waals surface area contributed by atoms with Crippen LogP contribution >= 0.6 is 22.7 Å². The van der Waals surface area contributed by atoms with E-state index in [0.717, 1.165) is 24.8 Å². The molecule has 5 heteroatoms. The highest BCUT2D eigenvalue weighted by molar-refractivity contribution is 7.16. The lowest BCUT2D eigenvalue weighted by atomic mass is 9.96. The number of nitrogens with zero attached hydrogens (tertiary/aromatic N) is 1. The van der Waals surface area contributed by atoms with Gasteiger partial charge in [0.15, 0.2) is 0 Å². The third kappa shape index (κ3) is 2.29. The predicted octanol–water partition coefficient (Wildman–Crippen LogP) is 3.81. The second kappa shape index (κ2) is 5.16. The minimum absolute atomic E-state index is 0.128. The fourth-order valence-corrected chi connectivity index (χ4v) is 4.21. The van der Waals surface area contributed by atoms with Crippen LogP contribution in [-0.4, -0.2) is 5.91 Å². The Morgan fingerprint density at radius 2 is 2.21 bits per heavy atom. The highest BCUT2D eigenvalue weighted by Crippen LogP contribution is 2.37. The number of nitrogens with one attached hydrogen (secondary N) is 1. The van der Waals surface area contributed by atoms with E-state index in [-0.39, 0.29) is 5.91 Å². The predicted molar refractivity (Wildman–Crippen MR) is 77.9 cm³/mol. The molecule has 0 unspecified atom stereocenters. The molecule has 3 rings (SSSR count). The van der Waals surface area contributed by atoms with Crippen molar-refractivity contribution in [2.24, 2.45) is 0 Å². The lowest BCUT2D eigenvalue weighted by Crippen LogP contribution is -2.10. The molecule has 1 N–H and O–H groups in total. The van der Waals surface area contributed by atoms with Gasteiger partial charge in [-0.1, -0.05) is 0 Å². The molecule has 1 aliphatic carbocycles.